The van der Waals surface area contributed by atoms with Crippen molar-refractivity contribution in [2.24, 2.45) is 23.2 Å². The van der Waals surface area contributed by atoms with Crippen LogP contribution in [-0.4, -0.2) is 30.6 Å². The number of hydrogen-bond donors (Lipinski definition) is 1. The second kappa shape index (κ2) is 3.70. The summed E-state index contributed by atoms with van der Waals surface area (Å²) in [4.78, 5) is 23.8. The molecule has 88 valence electrons. The number of ether oxygens (including phenoxy) is 1. The Morgan fingerprint density at radius 2 is 2.31 bits per heavy atom. The molecule has 4 atom stereocenters. The first-order chi connectivity index (χ1) is 7.54. The van der Waals surface area contributed by atoms with Crippen LogP contribution in [0.4, 0.5) is 0 Å². The van der Waals surface area contributed by atoms with Gasteiger partial charge in [-0.3, -0.25) is 9.59 Å². The number of aliphatic hydroxyl groups excluding tert-OH is 1. The fourth-order valence-electron chi connectivity index (χ4n) is 2.95. The van der Waals surface area contributed by atoms with E-state index >= 15 is 0 Å². The summed E-state index contributed by atoms with van der Waals surface area (Å²) in [6.07, 6.45) is 4.31. The molecule has 0 saturated heterocycles. The van der Waals surface area contributed by atoms with Crippen LogP contribution in [0.5, 0.6) is 0 Å². The summed E-state index contributed by atoms with van der Waals surface area (Å²) in [5.74, 6) is -1.19. The van der Waals surface area contributed by atoms with Crippen molar-refractivity contribution in [3.63, 3.8) is 0 Å². The van der Waals surface area contributed by atoms with Gasteiger partial charge in [0.1, 0.15) is 5.78 Å². The first-order valence-corrected chi connectivity index (χ1v) is 5.46. The molecular weight excluding hydrogens is 208 g/mol. The molecule has 3 aliphatic rings. The molecular formula is C12H16O4. The molecule has 0 aliphatic heterocycles. The Bertz CT molecular complexity index is 360. The minimum Gasteiger partial charge on any atom is -0.469 e. The molecule has 0 amide bonds. The Morgan fingerprint density at radius 3 is 2.81 bits per heavy atom. The van der Waals surface area contributed by atoms with Gasteiger partial charge in [0.05, 0.1) is 25.0 Å². The maximum absolute atomic E-state index is 12.0. The topological polar surface area (TPSA) is 63.6 Å². The average Bonchev–Trinajstić information content (AvgIpc) is 2.28. The maximum atomic E-state index is 12.0. The molecule has 0 spiro atoms. The summed E-state index contributed by atoms with van der Waals surface area (Å²) in [5, 5.41) is 9.18. The van der Waals surface area contributed by atoms with Crippen LogP contribution in [-0.2, 0) is 14.3 Å². The van der Waals surface area contributed by atoms with Gasteiger partial charge in [-0.1, -0.05) is 12.2 Å². The number of aliphatic hydroxyl groups is 1. The van der Waals surface area contributed by atoms with E-state index in [-0.39, 0.29) is 30.2 Å². The molecule has 3 rings (SSSR count). The Labute approximate surface area is 94.3 Å². The molecule has 0 aromatic heterocycles. The average molecular weight is 224 g/mol. The van der Waals surface area contributed by atoms with Crippen LogP contribution in [0.15, 0.2) is 12.2 Å². The Balaban J connectivity index is 2.35. The lowest BCUT2D eigenvalue weighted by atomic mass is 9.56. The summed E-state index contributed by atoms with van der Waals surface area (Å²) in [6.45, 7) is 1.63. The molecule has 4 heteroatoms. The molecule has 1 N–H and O–H groups in total. The van der Waals surface area contributed by atoms with E-state index in [0.29, 0.717) is 6.42 Å². The third kappa shape index (κ3) is 1.33. The van der Waals surface area contributed by atoms with E-state index in [1.165, 1.54) is 7.11 Å². The molecule has 1 saturated carbocycles. The molecule has 1 fully saturated rings. The summed E-state index contributed by atoms with van der Waals surface area (Å²) in [5.41, 5.74) is -0.753. The van der Waals surface area contributed by atoms with E-state index in [2.05, 4.69) is 0 Å². The predicted molar refractivity (Wildman–Crippen MR) is 56.4 cm³/mol. The number of methoxy groups -OCH3 is 1. The maximum Gasteiger partial charge on any atom is 0.312 e. The van der Waals surface area contributed by atoms with Crippen LogP contribution in [0.2, 0.25) is 0 Å². The van der Waals surface area contributed by atoms with E-state index in [1.807, 2.05) is 6.08 Å². The zero-order valence-corrected chi connectivity index (χ0v) is 9.47. The van der Waals surface area contributed by atoms with Crippen molar-refractivity contribution in [3.05, 3.63) is 12.2 Å². The number of allylic oxidation sites excluding steroid dienone is 2. The van der Waals surface area contributed by atoms with Gasteiger partial charge in [-0.05, 0) is 19.3 Å². The molecule has 4 nitrogen and oxygen atoms in total. The zero-order chi connectivity index (χ0) is 11.9. The Morgan fingerprint density at radius 1 is 1.62 bits per heavy atom. The molecule has 2 bridgehead atoms. The van der Waals surface area contributed by atoms with Crippen molar-refractivity contribution in [1.82, 2.24) is 0 Å². The minimum atomic E-state index is -0.753. The molecule has 1 unspecified atom stereocenters. The molecule has 0 aromatic rings. The number of carbonyl (C=O) groups is 2. The highest BCUT2D eigenvalue weighted by Crippen LogP contribution is 2.49. The Kier molecular flexibility index (Phi) is 2.62. The highest BCUT2D eigenvalue weighted by atomic mass is 16.5. The quantitative estimate of drug-likeness (QED) is 0.549. The van der Waals surface area contributed by atoms with Crippen molar-refractivity contribution < 1.29 is 19.4 Å². The first kappa shape index (κ1) is 11.3. The van der Waals surface area contributed by atoms with Crippen molar-refractivity contribution in [1.29, 1.82) is 0 Å². The van der Waals surface area contributed by atoms with Gasteiger partial charge in [0.15, 0.2) is 0 Å². The lowest BCUT2D eigenvalue weighted by molar-refractivity contribution is -0.164. The second-order valence-corrected chi connectivity index (χ2v) is 4.83. The summed E-state index contributed by atoms with van der Waals surface area (Å²) >= 11 is 0. The third-order valence-electron chi connectivity index (χ3n) is 3.93. The number of esters is 1. The van der Waals surface area contributed by atoms with Crippen LogP contribution in [0, 0.1) is 23.2 Å². The van der Waals surface area contributed by atoms with E-state index < -0.39 is 11.3 Å². The highest BCUT2D eigenvalue weighted by Gasteiger charge is 2.55. The van der Waals surface area contributed by atoms with Crippen molar-refractivity contribution in [2.45, 2.75) is 13.3 Å². The van der Waals surface area contributed by atoms with Gasteiger partial charge < -0.3 is 9.84 Å². The van der Waals surface area contributed by atoms with Crippen LogP contribution in [0.1, 0.15) is 13.3 Å². The lowest BCUT2D eigenvalue weighted by Crippen LogP contribution is -2.53. The van der Waals surface area contributed by atoms with Crippen LogP contribution in [0.25, 0.3) is 0 Å². The van der Waals surface area contributed by atoms with Crippen LogP contribution in [0.3, 0.4) is 0 Å². The van der Waals surface area contributed by atoms with Gasteiger partial charge in [-0.2, -0.15) is 0 Å². The fourth-order valence-corrected chi connectivity index (χ4v) is 2.95. The van der Waals surface area contributed by atoms with Crippen molar-refractivity contribution >= 4 is 11.8 Å². The number of Topliss-reactive ketones (excluding diaryl/α,β-unsaturated/α-hetero) is 1. The molecule has 0 radical (unpaired) electrons. The smallest absolute Gasteiger partial charge is 0.312 e. The monoisotopic (exact) mass is 224 g/mol. The molecule has 0 heterocycles. The van der Waals surface area contributed by atoms with Crippen LogP contribution >= 0.6 is 0 Å². The summed E-state index contributed by atoms with van der Waals surface area (Å²) < 4.78 is 4.77. The van der Waals surface area contributed by atoms with Gasteiger partial charge in [0, 0.05) is 5.92 Å². The number of carbonyl (C=O) groups excluding carboxylic acids is 2. The van der Waals surface area contributed by atoms with E-state index in [0.717, 1.165) is 0 Å². The number of rotatable bonds is 2. The fraction of sp³-hybridized carbons (Fsp3) is 0.667. The van der Waals surface area contributed by atoms with E-state index in [4.69, 9.17) is 4.74 Å². The Hall–Kier alpha value is -1.16. The zero-order valence-electron chi connectivity index (χ0n) is 9.47. The van der Waals surface area contributed by atoms with E-state index in [1.54, 1.807) is 13.0 Å². The standard InChI is InChI=1S/C12H16O4/c1-12(11(15)16-2)5-7-3-4-9(12)10(14)8(7)6-13/h3-4,7-9,13H,5-6H2,1-2H3/t7-,8?,9-,12+/m1/s1. The first-order valence-electron chi connectivity index (χ1n) is 5.46. The largest absolute Gasteiger partial charge is 0.469 e. The van der Waals surface area contributed by atoms with E-state index in [9.17, 15) is 14.7 Å². The van der Waals surface area contributed by atoms with Crippen molar-refractivity contribution in [3.8, 4) is 0 Å². The number of hydrogen-bond acceptors (Lipinski definition) is 4. The van der Waals surface area contributed by atoms with Gasteiger partial charge in [-0.15, -0.1) is 0 Å². The lowest BCUT2D eigenvalue weighted by Gasteiger charge is -2.46. The molecule has 0 aromatic carbocycles. The SMILES string of the molecule is COC(=O)[C@@]1(C)C[C@H]2C=C[C@@H]1C(=O)C2CO. The van der Waals surface area contributed by atoms with Gasteiger partial charge in [0.25, 0.3) is 0 Å². The van der Waals surface area contributed by atoms with Crippen molar-refractivity contribution in [2.75, 3.05) is 13.7 Å². The van der Waals surface area contributed by atoms with Gasteiger partial charge >= 0.3 is 5.97 Å². The molecule has 3 aliphatic carbocycles. The highest BCUT2D eigenvalue weighted by molar-refractivity contribution is 5.94. The second-order valence-electron chi connectivity index (χ2n) is 4.83. The normalized spacial score (nSPS) is 41.2. The van der Waals surface area contributed by atoms with Gasteiger partial charge in [0.2, 0.25) is 0 Å². The summed E-state index contributed by atoms with van der Waals surface area (Å²) in [6, 6.07) is 0. The molecule has 16 heavy (non-hydrogen) atoms. The summed E-state index contributed by atoms with van der Waals surface area (Å²) in [7, 11) is 1.34. The third-order valence-corrected chi connectivity index (χ3v) is 3.93. The van der Waals surface area contributed by atoms with Crippen LogP contribution < -0.4 is 0 Å². The predicted octanol–water partition coefficient (Wildman–Crippen LogP) is 0.549. The van der Waals surface area contributed by atoms with Gasteiger partial charge in [-0.25, -0.2) is 0 Å². The number of fused-ring (bicyclic) bond motifs is 2. The number of ketones is 1. The minimum absolute atomic E-state index is 0.0332.